The predicted octanol–water partition coefficient (Wildman–Crippen LogP) is 3.56. The van der Waals surface area contributed by atoms with Gasteiger partial charge in [0.2, 0.25) is 0 Å². The minimum Gasteiger partial charge on any atom is -0.398 e. The summed E-state index contributed by atoms with van der Waals surface area (Å²) in [6.45, 7) is 4.37. The highest BCUT2D eigenvalue weighted by molar-refractivity contribution is 5.49. The van der Waals surface area contributed by atoms with E-state index in [4.69, 9.17) is 5.73 Å². The molecule has 2 N–H and O–H groups in total. The molecule has 0 amide bonds. The van der Waals surface area contributed by atoms with Crippen LogP contribution in [0.2, 0.25) is 0 Å². The molecule has 0 fully saturated rings. The van der Waals surface area contributed by atoms with Gasteiger partial charge in [0.05, 0.1) is 0 Å². The standard InChI is InChI=1S/C13H21N/c1-3-5-6-7-11-8-9-12(4-2)13(14)10-11/h8-10H,3-7,14H2,1-2H3. The molecule has 0 bridgehead atoms. The monoisotopic (exact) mass is 191 g/mol. The van der Waals surface area contributed by atoms with Crippen LogP contribution in [-0.2, 0) is 12.8 Å². The minimum atomic E-state index is 0.960. The van der Waals surface area contributed by atoms with Crippen LogP contribution < -0.4 is 5.73 Å². The van der Waals surface area contributed by atoms with Crippen LogP contribution in [0, 0.1) is 0 Å². The second kappa shape index (κ2) is 5.69. The molecule has 14 heavy (non-hydrogen) atoms. The molecular weight excluding hydrogens is 170 g/mol. The van der Waals surface area contributed by atoms with E-state index in [-0.39, 0.29) is 0 Å². The molecule has 1 rings (SSSR count). The first-order valence-electron chi connectivity index (χ1n) is 5.65. The van der Waals surface area contributed by atoms with E-state index < -0.39 is 0 Å². The van der Waals surface area contributed by atoms with Crippen molar-refractivity contribution < 1.29 is 0 Å². The van der Waals surface area contributed by atoms with Gasteiger partial charge in [-0.3, -0.25) is 0 Å². The Bertz CT molecular complexity index is 279. The maximum Gasteiger partial charge on any atom is 0.0349 e. The lowest BCUT2D eigenvalue weighted by Gasteiger charge is -2.06. The van der Waals surface area contributed by atoms with E-state index in [0.717, 1.165) is 12.1 Å². The number of rotatable bonds is 5. The smallest absolute Gasteiger partial charge is 0.0349 e. The second-order valence-electron chi connectivity index (χ2n) is 3.84. The third-order valence-electron chi connectivity index (χ3n) is 2.66. The van der Waals surface area contributed by atoms with Crippen LogP contribution in [0.1, 0.15) is 44.2 Å². The molecule has 0 heterocycles. The van der Waals surface area contributed by atoms with Crippen molar-refractivity contribution in [3.8, 4) is 0 Å². The van der Waals surface area contributed by atoms with Crippen LogP contribution in [0.4, 0.5) is 5.69 Å². The fourth-order valence-electron chi connectivity index (χ4n) is 1.70. The fraction of sp³-hybridized carbons (Fsp3) is 0.538. The maximum atomic E-state index is 5.94. The van der Waals surface area contributed by atoms with Crippen molar-refractivity contribution in [2.24, 2.45) is 0 Å². The van der Waals surface area contributed by atoms with Crippen molar-refractivity contribution in [1.82, 2.24) is 0 Å². The number of aryl methyl sites for hydroxylation is 2. The van der Waals surface area contributed by atoms with E-state index in [1.54, 1.807) is 0 Å². The summed E-state index contributed by atoms with van der Waals surface area (Å²) in [6.07, 6.45) is 6.07. The lowest BCUT2D eigenvalue weighted by molar-refractivity contribution is 0.717. The van der Waals surface area contributed by atoms with Crippen molar-refractivity contribution in [2.45, 2.75) is 46.0 Å². The van der Waals surface area contributed by atoms with Crippen LogP contribution >= 0.6 is 0 Å². The van der Waals surface area contributed by atoms with E-state index in [2.05, 4.69) is 32.0 Å². The molecule has 78 valence electrons. The molecule has 0 atom stereocenters. The topological polar surface area (TPSA) is 26.0 Å². The first kappa shape index (κ1) is 11.1. The third-order valence-corrected chi connectivity index (χ3v) is 2.66. The average molecular weight is 191 g/mol. The maximum absolute atomic E-state index is 5.94. The van der Waals surface area contributed by atoms with Gasteiger partial charge in [-0.05, 0) is 36.5 Å². The predicted molar refractivity (Wildman–Crippen MR) is 63.5 cm³/mol. The van der Waals surface area contributed by atoms with Gasteiger partial charge in [-0.1, -0.05) is 38.8 Å². The van der Waals surface area contributed by atoms with E-state index in [1.807, 2.05) is 0 Å². The number of nitrogen functional groups attached to an aromatic ring is 1. The summed E-state index contributed by atoms with van der Waals surface area (Å²) >= 11 is 0. The number of nitrogens with two attached hydrogens (primary N) is 1. The summed E-state index contributed by atoms with van der Waals surface area (Å²) in [5.41, 5.74) is 9.55. The highest BCUT2D eigenvalue weighted by Gasteiger charge is 1.98. The summed E-state index contributed by atoms with van der Waals surface area (Å²) in [7, 11) is 0. The number of benzene rings is 1. The Morgan fingerprint density at radius 1 is 1.14 bits per heavy atom. The highest BCUT2D eigenvalue weighted by atomic mass is 14.6. The number of anilines is 1. The zero-order valence-corrected chi connectivity index (χ0v) is 9.34. The summed E-state index contributed by atoms with van der Waals surface area (Å²) in [5, 5.41) is 0. The van der Waals surface area contributed by atoms with Gasteiger partial charge < -0.3 is 5.73 Å². The van der Waals surface area contributed by atoms with Crippen LogP contribution in [0.3, 0.4) is 0 Å². The first-order chi connectivity index (χ1) is 6.77. The van der Waals surface area contributed by atoms with E-state index in [1.165, 1.54) is 36.8 Å². The highest BCUT2D eigenvalue weighted by Crippen LogP contribution is 2.16. The van der Waals surface area contributed by atoms with E-state index >= 15 is 0 Å². The molecule has 1 nitrogen and oxygen atoms in total. The largest absolute Gasteiger partial charge is 0.398 e. The van der Waals surface area contributed by atoms with Crippen LogP contribution in [0.15, 0.2) is 18.2 Å². The minimum absolute atomic E-state index is 0.960. The van der Waals surface area contributed by atoms with Crippen LogP contribution in [-0.4, -0.2) is 0 Å². The summed E-state index contributed by atoms with van der Waals surface area (Å²) < 4.78 is 0. The fourth-order valence-corrected chi connectivity index (χ4v) is 1.70. The third kappa shape index (κ3) is 3.06. The van der Waals surface area contributed by atoms with Gasteiger partial charge in [-0.25, -0.2) is 0 Å². The lowest BCUT2D eigenvalue weighted by Crippen LogP contribution is -1.95. The summed E-state index contributed by atoms with van der Waals surface area (Å²) in [4.78, 5) is 0. The zero-order chi connectivity index (χ0) is 10.4. The Balaban J connectivity index is 2.57. The Kier molecular flexibility index (Phi) is 4.51. The quantitative estimate of drug-likeness (QED) is 0.559. The summed E-state index contributed by atoms with van der Waals surface area (Å²) in [6, 6.07) is 6.51. The van der Waals surface area contributed by atoms with Crippen LogP contribution in [0.25, 0.3) is 0 Å². The zero-order valence-electron chi connectivity index (χ0n) is 9.34. The molecule has 0 spiro atoms. The SMILES string of the molecule is CCCCCc1ccc(CC)c(N)c1. The molecular formula is C13H21N. The Morgan fingerprint density at radius 2 is 1.93 bits per heavy atom. The number of hydrogen-bond donors (Lipinski definition) is 1. The molecule has 0 aliphatic carbocycles. The van der Waals surface area contributed by atoms with Gasteiger partial charge in [0.15, 0.2) is 0 Å². The number of hydrogen-bond acceptors (Lipinski definition) is 1. The molecule has 0 aliphatic heterocycles. The molecule has 0 radical (unpaired) electrons. The van der Waals surface area contributed by atoms with Crippen molar-refractivity contribution in [1.29, 1.82) is 0 Å². The molecule has 1 aromatic rings. The molecule has 0 aromatic heterocycles. The van der Waals surface area contributed by atoms with Crippen molar-refractivity contribution in [2.75, 3.05) is 5.73 Å². The molecule has 0 saturated carbocycles. The second-order valence-corrected chi connectivity index (χ2v) is 3.84. The van der Waals surface area contributed by atoms with Gasteiger partial charge >= 0.3 is 0 Å². The normalized spacial score (nSPS) is 10.4. The summed E-state index contributed by atoms with van der Waals surface area (Å²) in [5.74, 6) is 0. The van der Waals surface area contributed by atoms with Gasteiger partial charge in [0, 0.05) is 5.69 Å². The van der Waals surface area contributed by atoms with Crippen molar-refractivity contribution in [3.05, 3.63) is 29.3 Å². The van der Waals surface area contributed by atoms with Gasteiger partial charge in [-0.2, -0.15) is 0 Å². The Labute approximate surface area is 87.3 Å². The van der Waals surface area contributed by atoms with E-state index in [9.17, 15) is 0 Å². The average Bonchev–Trinajstić information content (AvgIpc) is 2.18. The molecule has 0 saturated heterocycles. The van der Waals surface area contributed by atoms with Gasteiger partial charge in [0.25, 0.3) is 0 Å². The molecule has 1 heteroatoms. The van der Waals surface area contributed by atoms with E-state index in [0.29, 0.717) is 0 Å². The van der Waals surface area contributed by atoms with Gasteiger partial charge in [0.1, 0.15) is 0 Å². The Morgan fingerprint density at radius 3 is 2.50 bits per heavy atom. The Hall–Kier alpha value is -0.980. The van der Waals surface area contributed by atoms with Crippen LogP contribution in [0.5, 0.6) is 0 Å². The first-order valence-corrected chi connectivity index (χ1v) is 5.65. The molecule has 0 aliphatic rings. The van der Waals surface area contributed by atoms with Crippen molar-refractivity contribution in [3.63, 3.8) is 0 Å². The molecule has 1 aromatic carbocycles. The van der Waals surface area contributed by atoms with Gasteiger partial charge in [-0.15, -0.1) is 0 Å². The molecule has 0 unspecified atom stereocenters. The lowest BCUT2D eigenvalue weighted by atomic mass is 10.0. The van der Waals surface area contributed by atoms with Crippen molar-refractivity contribution >= 4 is 5.69 Å². The number of unbranched alkanes of at least 4 members (excludes halogenated alkanes) is 2.